The van der Waals surface area contributed by atoms with Crippen LogP contribution >= 0.6 is 0 Å². The van der Waals surface area contributed by atoms with Gasteiger partial charge in [0, 0.05) is 26.3 Å². The fourth-order valence-corrected chi connectivity index (χ4v) is 1.80. The number of anilines is 1. The van der Waals surface area contributed by atoms with Crippen molar-refractivity contribution in [2.45, 2.75) is 39.5 Å². The van der Waals surface area contributed by atoms with Crippen LogP contribution in [0.15, 0.2) is 18.3 Å². The normalized spacial score (nSPS) is 10.3. The third-order valence-corrected chi connectivity index (χ3v) is 3.01. The molecule has 1 aromatic heterocycles. The van der Waals surface area contributed by atoms with Crippen LogP contribution in [0.2, 0.25) is 0 Å². The molecule has 0 unspecified atom stereocenters. The second-order valence-electron chi connectivity index (χ2n) is 4.79. The highest BCUT2D eigenvalue weighted by Crippen LogP contribution is 2.08. The molecule has 19 heavy (non-hydrogen) atoms. The molecule has 1 amide bonds. The van der Waals surface area contributed by atoms with E-state index in [0.29, 0.717) is 5.56 Å². The van der Waals surface area contributed by atoms with Crippen LogP contribution < -0.4 is 5.32 Å². The second-order valence-corrected chi connectivity index (χ2v) is 4.79. The van der Waals surface area contributed by atoms with E-state index in [2.05, 4.69) is 24.1 Å². The van der Waals surface area contributed by atoms with E-state index < -0.39 is 0 Å². The van der Waals surface area contributed by atoms with Gasteiger partial charge in [-0.2, -0.15) is 0 Å². The Hall–Kier alpha value is -1.58. The minimum atomic E-state index is 0.0469. The Labute approximate surface area is 116 Å². The number of amides is 1. The summed E-state index contributed by atoms with van der Waals surface area (Å²) in [6.07, 6.45) is 6.10. The number of rotatable bonds is 8. The number of nitrogens with one attached hydrogen (secondary N) is 1. The van der Waals surface area contributed by atoms with E-state index in [0.717, 1.165) is 38.2 Å². The highest BCUT2D eigenvalue weighted by molar-refractivity contribution is 5.93. The molecule has 1 rings (SSSR count). The van der Waals surface area contributed by atoms with Crippen LogP contribution in [-0.2, 0) is 0 Å². The zero-order valence-corrected chi connectivity index (χ0v) is 12.3. The number of unbranched alkanes of at least 4 members (excludes halogenated alkanes) is 2. The van der Waals surface area contributed by atoms with Crippen LogP contribution in [0.1, 0.15) is 49.9 Å². The molecule has 0 aromatic carbocycles. The largest absolute Gasteiger partial charge is 0.370 e. The minimum absolute atomic E-state index is 0.0469. The smallest absolute Gasteiger partial charge is 0.255 e. The van der Waals surface area contributed by atoms with E-state index in [1.807, 2.05) is 19.2 Å². The van der Waals surface area contributed by atoms with Crippen molar-refractivity contribution in [3.8, 4) is 0 Å². The third-order valence-electron chi connectivity index (χ3n) is 3.01. The van der Waals surface area contributed by atoms with E-state index in [4.69, 9.17) is 0 Å². The molecule has 4 nitrogen and oxygen atoms in total. The van der Waals surface area contributed by atoms with Crippen molar-refractivity contribution < 1.29 is 4.79 Å². The molecule has 0 fully saturated rings. The third kappa shape index (κ3) is 5.28. The van der Waals surface area contributed by atoms with Gasteiger partial charge >= 0.3 is 0 Å². The predicted octanol–water partition coefficient (Wildman–Crippen LogP) is 3.17. The number of aromatic nitrogens is 1. The van der Waals surface area contributed by atoms with E-state index in [1.165, 1.54) is 6.42 Å². The van der Waals surface area contributed by atoms with E-state index in [1.54, 1.807) is 11.1 Å². The van der Waals surface area contributed by atoms with Gasteiger partial charge in [-0.25, -0.2) is 4.98 Å². The molecule has 0 spiro atoms. The summed E-state index contributed by atoms with van der Waals surface area (Å²) >= 11 is 0. The summed E-state index contributed by atoms with van der Waals surface area (Å²) < 4.78 is 0. The Balaban J connectivity index is 2.52. The van der Waals surface area contributed by atoms with Crippen molar-refractivity contribution in [2.24, 2.45) is 0 Å². The highest BCUT2D eigenvalue weighted by Gasteiger charge is 2.11. The van der Waals surface area contributed by atoms with Crippen molar-refractivity contribution in [3.05, 3.63) is 23.9 Å². The molecule has 1 aromatic rings. The first-order chi connectivity index (χ1) is 9.19. The average molecular weight is 263 g/mol. The lowest BCUT2D eigenvalue weighted by Gasteiger charge is -2.17. The van der Waals surface area contributed by atoms with E-state index >= 15 is 0 Å². The summed E-state index contributed by atoms with van der Waals surface area (Å²) in [5.41, 5.74) is 0.654. The lowest BCUT2D eigenvalue weighted by molar-refractivity contribution is 0.0792. The first-order valence-corrected chi connectivity index (χ1v) is 7.14. The molecular weight excluding hydrogens is 238 g/mol. The van der Waals surface area contributed by atoms with Gasteiger partial charge in [-0.15, -0.1) is 0 Å². The Bertz CT molecular complexity index is 375. The monoisotopic (exact) mass is 263 g/mol. The summed E-state index contributed by atoms with van der Waals surface area (Å²) in [5, 5.41) is 3.20. The van der Waals surface area contributed by atoms with Crippen LogP contribution in [0.5, 0.6) is 0 Å². The molecule has 1 heterocycles. The Kier molecular flexibility index (Phi) is 6.93. The van der Waals surface area contributed by atoms with Crippen molar-refractivity contribution in [1.29, 1.82) is 0 Å². The maximum absolute atomic E-state index is 12.1. The predicted molar refractivity (Wildman–Crippen MR) is 79.5 cm³/mol. The van der Waals surface area contributed by atoms with Crippen molar-refractivity contribution in [3.63, 3.8) is 0 Å². The van der Waals surface area contributed by atoms with Crippen LogP contribution in [0.3, 0.4) is 0 Å². The fourth-order valence-electron chi connectivity index (χ4n) is 1.80. The zero-order chi connectivity index (χ0) is 14.1. The quantitative estimate of drug-likeness (QED) is 0.733. The molecule has 0 radical (unpaired) electrons. The standard InChI is InChI=1S/C15H25N3O/c1-4-6-7-11-18(3)15(19)13-8-9-14(17-12-13)16-10-5-2/h8-9,12H,4-7,10-11H2,1-3H3,(H,16,17). The molecule has 4 heteroatoms. The summed E-state index contributed by atoms with van der Waals surface area (Å²) in [6, 6.07) is 3.70. The van der Waals surface area contributed by atoms with E-state index in [-0.39, 0.29) is 5.91 Å². The molecular formula is C15H25N3O. The van der Waals surface area contributed by atoms with E-state index in [9.17, 15) is 4.79 Å². The number of hydrogen-bond acceptors (Lipinski definition) is 3. The van der Waals surface area contributed by atoms with Gasteiger partial charge in [0.25, 0.3) is 5.91 Å². The lowest BCUT2D eigenvalue weighted by atomic mass is 10.2. The van der Waals surface area contributed by atoms with Gasteiger partial charge < -0.3 is 10.2 Å². The number of pyridine rings is 1. The Morgan fingerprint density at radius 3 is 2.63 bits per heavy atom. The summed E-state index contributed by atoms with van der Waals surface area (Å²) in [7, 11) is 1.85. The molecule has 0 aliphatic carbocycles. The van der Waals surface area contributed by atoms with Gasteiger partial charge in [-0.05, 0) is 25.0 Å². The fraction of sp³-hybridized carbons (Fsp3) is 0.600. The van der Waals surface area contributed by atoms with Gasteiger partial charge in [0.05, 0.1) is 5.56 Å². The van der Waals surface area contributed by atoms with Gasteiger partial charge in [0.15, 0.2) is 0 Å². The van der Waals surface area contributed by atoms with Crippen LogP contribution in [0.4, 0.5) is 5.82 Å². The zero-order valence-electron chi connectivity index (χ0n) is 12.3. The molecule has 0 aliphatic heterocycles. The van der Waals surface area contributed by atoms with Gasteiger partial charge in [0.1, 0.15) is 5.82 Å². The van der Waals surface area contributed by atoms with Crippen LogP contribution in [-0.4, -0.2) is 35.9 Å². The maximum atomic E-state index is 12.1. The molecule has 0 atom stereocenters. The van der Waals surface area contributed by atoms with Crippen LogP contribution in [0, 0.1) is 0 Å². The number of carbonyl (C=O) groups is 1. The second kappa shape index (κ2) is 8.51. The summed E-state index contributed by atoms with van der Waals surface area (Å²) in [5.74, 6) is 0.873. The maximum Gasteiger partial charge on any atom is 0.255 e. The minimum Gasteiger partial charge on any atom is -0.370 e. The molecule has 0 bridgehead atoms. The van der Waals surface area contributed by atoms with Crippen molar-refractivity contribution in [1.82, 2.24) is 9.88 Å². The summed E-state index contributed by atoms with van der Waals surface area (Å²) in [4.78, 5) is 18.2. The average Bonchev–Trinajstić information content (AvgIpc) is 2.45. The molecule has 0 aliphatic rings. The van der Waals surface area contributed by atoms with Gasteiger partial charge in [-0.3, -0.25) is 4.79 Å². The van der Waals surface area contributed by atoms with Crippen LogP contribution in [0.25, 0.3) is 0 Å². The Morgan fingerprint density at radius 2 is 2.05 bits per heavy atom. The first-order valence-electron chi connectivity index (χ1n) is 7.14. The van der Waals surface area contributed by atoms with Gasteiger partial charge in [-0.1, -0.05) is 26.7 Å². The molecule has 0 saturated heterocycles. The molecule has 106 valence electrons. The number of nitrogens with zero attached hydrogens (tertiary/aromatic N) is 2. The lowest BCUT2D eigenvalue weighted by Crippen LogP contribution is -2.27. The number of hydrogen-bond donors (Lipinski definition) is 1. The SMILES string of the molecule is CCCCCN(C)C(=O)c1ccc(NCCC)nc1. The molecule has 1 N–H and O–H groups in total. The van der Waals surface area contributed by atoms with Crippen molar-refractivity contribution >= 4 is 11.7 Å². The van der Waals surface area contributed by atoms with Crippen molar-refractivity contribution in [2.75, 3.05) is 25.5 Å². The van der Waals surface area contributed by atoms with Gasteiger partial charge in [0.2, 0.25) is 0 Å². The Morgan fingerprint density at radius 1 is 1.26 bits per heavy atom. The number of carbonyl (C=O) groups excluding carboxylic acids is 1. The highest BCUT2D eigenvalue weighted by atomic mass is 16.2. The summed E-state index contributed by atoms with van der Waals surface area (Å²) in [6.45, 7) is 5.98. The first kappa shape index (κ1) is 15.5. The molecule has 0 saturated carbocycles. The topological polar surface area (TPSA) is 45.2 Å².